The zero-order valence-corrected chi connectivity index (χ0v) is 13.9. The molecule has 1 atom stereocenters. The Hall–Kier alpha value is -1.74. The number of anilines is 1. The number of halogens is 2. The summed E-state index contributed by atoms with van der Waals surface area (Å²) in [7, 11) is 0. The van der Waals surface area contributed by atoms with Gasteiger partial charge < -0.3 is 10.2 Å². The fourth-order valence-corrected chi connectivity index (χ4v) is 2.67. The largest absolute Gasteiger partial charge is 0.357 e. The standard InChI is InChI=1S/C17H24F2N4/c1-12(17(2,3)16(18)19)22-14-6-8-23(9-7-14)15-5-4-13(10-20)11-21-15/h4-5,11-12,14,16,22H,6-9H2,1-3H3. The van der Waals surface area contributed by atoms with E-state index in [9.17, 15) is 8.78 Å². The number of hydrogen-bond donors (Lipinski definition) is 1. The van der Waals surface area contributed by atoms with Crippen molar-refractivity contribution in [3.63, 3.8) is 0 Å². The molecule has 0 radical (unpaired) electrons. The highest BCUT2D eigenvalue weighted by atomic mass is 19.3. The second-order valence-electron chi connectivity index (χ2n) is 6.79. The summed E-state index contributed by atoms with van der Waals surface area (Å²) < 4.78 is 26.2. The summed E-state index contributed by atoms with van der Waals surface area (Å²) in [6.45, 7) is 6.70. The Balaban J connectivity index is 1.87. The normalized spacial score (nSPS) is 18.0. The van der Waals surface area contributed by atoms with Gasteiger partial charge >= 0.3 is 0 Å². The van der Waals surface area contributed by atoms with Crippen LogP contribution in [0.15, 0.2) is 18.3 Å². The molecule has 4 nitrogen and oxygen atoms in total. The summed E-state index contributed by atoms with van der Waals surface area (Å²) in [5.74, 6) is 0.864. The van der Waals surface area contributed by atoms with Crippen molar-refractivity contribution in [3.8, 4) is 6.07 Å². The number of pyridine rings is 1. The molecule has 0 aromatic carbocycles. The van der Waals surface area contributed by atoms with Gasteiger partial charge in [-0.15, -0.1) is 0 Å². The third-order valence-electron chi connectivity index (χ3n) is 4.86. The van der Waals surface area contributed by atoms with Gasteiger partial charge in [0.15, 0.2) is 0 Å². The Kier molecular flexibility index (Phi) is 5.53. The van der Waals surface area contributed by atoms with Crippen LogP contribution in [0.5, 0.6) is 0 Å². The molecule has 1 unspecified atom stereocenters. The molecule has 126 valence electrons. The van der Waals surface area contributed by atoms with Crippen LogP contribution < -0.4 is 10.2 Å². The van der Waals surface area contributed by atoms with E-state index < -0.39 is 11.8 Å². The first-order valence-electron chi connectivity index (χ1n) is 8.00. The number of piperidine rings is 1. The van der Waals surface area contributed by atoms with E-state index in [4.69, 9.17) is 5.26 Å². The lowest BCUT2D eigenvalue weighted by atomic mass is 9.85. The van der Waals surface area contributed by atoms with Gasteiger partial charge in [0.25, 0.3) is 0 Å². The van der Waals surface area contributed by atoms with Crippen molar-refractivity contribution in [3.05, 3.63) is 23.9 Å². The molecule has 0 saturated carbocycles. The quantitative estimate of drug-likeness (QED) is 0.904. The van der Waals surface area contributed by atoms with Crippen molar-refractivity contribution in [2.24, 2.45) is 5.41 Å². The van der Waals surface area contributed by atoms with Crippen molar-refractivity contribution in [2.75, 3.05) is 18.0 Å². The van der Waals surface area contributed by atoms with Crippen LogP contribution in [-0.4, -0.2) is 36.6 Å². The summed E-state index contributed by atoms with van der Waals surface area (Å²) in [4.78, 5) is 6.47. The Morgan fingerprint density at radius 1 is 1.35 bits per heavy atom. The topological polar surface area (TPSA) is 52.0 Å². The van der Waals surface area contributed by atoms with E-state index in [1.54, 1.807) is 26.1 Å². The molecule has 0 spiro atoms. The van der Waals surface area contributed by atoms with E-state index >= 15 is 0 Å². The van der Waals surface area contributed by atoms with Crippen LogP contribution in [0.2, 0.25) is 0 Å². The second-order valence-corrected chi connectivity index (χ2v) is 6.79. The predicted molar refractivity (Wildman–Crippen MR) is 86.6 cm³/mol. The molecule has 0 bridgehead atoms. The van der Waals surface area contributed by atoms with Crippen LogP contribution in [0.3, 0.4) is 0 Å². The minimum atomic E-state index is -2.34. The zero-order chi connectivity index (χ0) is 17.0. The Labute approximate surface area is 136 Å². The smallest absolute Gasteiger partial charge is 0.245 e. The fourth-order valence-electron chi connectivity index (χ4n) is 2.67. The van der Waals surface area contributed by atoms with E-state index in [1.165, 1.54) is 0 Å². The minimum Gasteiger partial charge on any atom is -0.357 e. The third-order valence-corrected chi connectivity index (χ3v) is 4.86. The Morgan fingerprint density at radius 3 is 2.48 bits per heavy atom. The van der Waals surface area contributed by atoms with Gasteiger partial charge in [-0.05, 0) is 31.9 Å². The van der Waals surface area contributed by atoms with Crippen molar-refractivity contribution in [2.45, 2.75) is 52.1 Å². The highest BCUT2D eigenvalue weighted by Crippen LogP contribution is 2.30. The van der Waals surface area contributed by atoms with Gasteiger partial charge in [0.05, 0.1) is 5.56 Å². The highest BCUT2D eigenvalue weighted by molar-refractivity contribution is 5.42. The monoisotopic (exact) mass is 322 g/mol. The molecular weight excluding hydrogens is 298 g/mol. The summed E-state index contributed by atoms with van der Waals surface area (Å²) in [6, 6.07) is 5.68. The van der Waals surface area contributed by atoms with Gasteiger partial charge in [0, 0.05) is 36.8 Å². The predicted octanol–water partition coefficient (Wildman–Crippen LogP) is 3.19. The number of aromatic nitrogens is 1. The van der Waals surface area contributed by atoms with Crippen LogP contribution in [0, 0.1) is 16.7 Å². The molecule has 1 N–H and O–H groups in total. The second kappa shape index (κ2) is 7.22. The Bertz CT molecular complexity index is 543. The van der Waals surface area contributed by atoms with Gasteiger partial charge in [-0.2, -0.15) is 5.26 Å². The molecule has 1 saturated heterocycles. The molecule has 2 rings (SSSR count). The third kappa shape index (κ3) is 4.17. The molecule has 23 heavy (non-hydrogen) atoms. The average Bonchev–Trinajstić information content (AvgIpc) is 2.55. The Morgan fingerprint density at radius 2 is 2.00 bits per heavy atom. The molecule has 0 aliphatic carbocycles. The molecule has 0 amide bonds. The van der Waals surface area contributed by atoms with E-state index in [0.717, 1.165) is 31.7 Å². The maximum Gasteiger partial charge on any atom is 0.245 e. The van der Waals surface area contributed by atoms with Gasteiger partial charge in [-0.25, -0.2) is 13.8 Å². The number of alkyl halides is 2. The molecule has 6 heteroatoms. The fraction of sp³-hybridized carbons (Fsp3) is 0.647. The van der Waals surface area contributed by atoms with Crippen LogP contribution in [-0.2, 0) is 0 Å². The zero-order valence-electron chi connectivity index (χ0n) is 13.9. The summed E-state index contributed by atoms with van der Waals surface area (Å²) in [5.41, 5.74) is -0.486. The lowest BCUT2D eigenvalue weighted by Gasteiger charge is -2.38. The van der Waals surface area contributed by atoms with E-state index in [-0.39, 0.29) is 12.1 Å². The van der Waals surface area contributed by atoms with E-state index in [1.807, 2.05) is 13.0 Å². The summed E-state index contributed by atoms with van der Waals surface area (Å²) in [5, 5.41) is 12.2. The van der Waals surface area contributed by atoms with Crippen LogP contribution in [0.25, 0.3) is 0 Å². The van der Waals surface area contributed by atoms with Crippen LogP contribution in [0.4, 0.5) is 14.6 Å². The number of nitrogens with one attached hydrogen (secondary N) is 1. The molecule has 1 aliphatic heterocycles. The van der Waals surface area contributed by atoms with E-state index in [0.29, 0.717) is 5.56 Å². The first kappa shape index (κ1) is 17.6. The van der Waals surface area contributed by atoms with Gasteiger partial charge in [-0.1, -0.05) is 13.8 Å². The molecule has 2 heterocycles. The number of nitriles is 1. The van der Waals surface area contributed by atoms with Crippen molar-refractivity contribution >= 4 is 5.82 Å². The number of rotatable bonds is 5. The first-order chi connectivity index (χ1) is 10.8. The average molecular weight is 322 g/mol. The van der Waals surface area contributed by atoms with Crippen LogP contribution in [0.1, 0.15) is 39.2 Å². The van der Waals surface area contributed by atoms with Gasteiger partial charge in [-0.3, -0.25) is 0 Å². The van der Waals surface area contributed by atoms with Gasteiger partial charge in [0.2, 0.25) is 6.43 Å². The summed E-state index contributed by atoms with van der Waals surface area (Å²) in [6.07, 6.45) is 1.02. The lowest BCUT2D eigenvalue weighted by Crippen LogP contribution is -2.51. The SMILES string of the molecule is CC(NC1CCN(c2ccc(C#N)cn2)CC1)C(C)(C)C(F)F. The maximum absolute atomic E-state index is 13.1. The van der Waals surface area contributed by atoms with Crippen molar-refractivity contribution in [1.29, 1.82) is 5.26 Å². The molecule has 1 fully saturated rings. The lowest BCUT2D eigenvalue weighted by molar-refractivity contribution is -0.00543. The number of hydrogen-bond acceptors (Lipinski definition) is 4. The number of nitrogens with zero attached hydrogens (tertiary/aromatic N) is 3. The maximum atomic E-state index is 13.1. The summed E-state index contributed by atoms with van der Waals surface area (Å²) >= 11 is 0. The van der Waals surface area contributed by atoms with Gasteiger partial charge in [0.1, 0.15) is 11.9 Å². The minimum absolute atomic E-state index is 0.243. The van der Waals surface area contributed by atoms with Crippen LogP contribution >= 0.6 is 0 Å². The molecule has 1 aromatic heterocycles. The van der Waals surface area contributed by atoms with Crippen molar-refractivity contribution < 1.29 is 8.78 Å². The molecule has 1 aliphatic rings. The first-order valence-corrected chi connectivity index (χ1v) is 8.00. The molecular formula is C17H24F2N4. The van der Waals surface area contributed by atoms with E-state index in [2.05, 4.69) is 21.3 Å². The molecule has 1 aromatic rings. The highest BCUT2D eigenvalue weighted by Gasteiger charge is 2.36. The van der Waals surface area contributed by atoms with Crippen molar-refractivity contribution in [1.82, 2.24) is 10.3 Å².